The molecule has 0 aliphatic heterocycles. The van der Waals surface area contributed by atoms with Gasteiger partial charge in [0.25, 0.3) is 0 Å². The number of anilines is 2. The molecule has 0 amide bonds. The maximum absolute atomic E-state index is 13.5. The SMILES string of the molecule is Fc1ccc(Cn2cc(-c3ccc4ncnc(Nc5ccc(F)c(Cl)c5)c4c3)nn2)cc1. The highest BCUT2D eigenvalue weighted by molar-refractivity contribution is 6.31. The van der Waals surface area contributed by atoms with E-state index in [4.69, 9.17) is 11.6 Å². The first-order chi connectivity index (χ1) is 15.5. The molecular formula is C23H15ClF2N6. The number of fused-ring (bicyclic) bond motifs is 1. The first-order valence-electron chi connectivity index (χ1n) is 9.67. The summed E-state index contributed by atoms with van der Waals surface area (Å²) >= 11 is 5.89. The van der Waals surface area contributed by atoms with Gasteiger partial charge >= 0.3 is 0 Å². The van der Waals surface area contributed by atoms with Crippen molar-refractivity contribution in [1.82, 2.24) is 25.0 Å². The molecule has 9 heteroatoms. The fourth-order valence-electron chi connectivity index (χ4n) is 3.31. The Kier molecular flexibility index (Phi) is 5.20. The molecule has 0 unspecified atom stereocenters. The van der Waals surface area contributed by atoms with Crippen molar-refractivity contribution < 1.29 is 8.78 Å². The van der Waals surface area contributed by atoms with Gasteiger partial charge in [-0.05, 0) is 48.0 Å². The highest BCUT2D eigenvalue weighted by Gasteiger charge is 2.10. The third-order valence-electron chi connectivity index (χ3n) is 4.91. The zero-order chi connectivity index (χ0) is 22.1. The minimum Gasteiger partial charge on any atom is -0.340 e. The second-order valence-corrected chi connectivity index (χ2v) is 7.54. The van der Waals surface area contributed by atoms with Crippen molar-refractivity contribution in [2.75, 3.05) is 5.32 Å². The van der Waals surface area contributed by atoms with Gasteiger partial charge in [-0.3, -0.25) is 0 Å². The summed E-state index contributed by atoms with van der Waals surface area (Å²) in [5, 5.41) is 12.4. The summed E-state index contributed by atoms with van der Waals surface area (Å²) in [5.41, 5.74) is 3.76. The highest BCUT2D eigenvalue weighted by atomic mass is 35.5. The van der Waals surface area contributed by atoms with Crippen molar-refractivity contribution in [3.05, 3.63) is 95.4 Å². The zero-order valence-electron chi connectivity index (χ0n) is 16.5. The van der Waals surface area contributed by atoms with Crippen LogP contribution in [0.15, 0.2) is 73.2 Å². The van der Waals surface area contributed by atoms with Gasteiger partial charge in [0, 0.05) is 16.6 Å². The largest absolute Gasteiger partial charge is 0.340 e. The summed E-state index contributed by atoms with van der Waals surface area (Å²) in [7, 11) is 0. The van der Waals surface area contributed by atoms with Crippen LogP contribution in [0.3, 0.4) is 0 Å². The number of nitrogens with zero attached hydrogens (tertiary/aromatic N) is 5. The van der Waals surface area contributed by atoms with Gasteiger partial charge in [-0.15, -0.1) is 5.10 Å². The lowest BCUT2D eigenvalue weighted by molar-refractivity contribution is 0.621. The topological polar surface area (TPSA) is 68.5 Å². The Bertz CT molecular complexity index is 1420. The van der Waals surface area contributed by atoms with Gasteiger partial charge in [0.2, 0.25) is 0 Å². The van der Waals surface area contributed by atoms with E-state index in [1.54, 1.807) is 22.9 Å². The van der Waals surface area contributed by atoms with E-state index >= 15 is 0 Å². The van der Waals surface area contributed by atoms with Crippen LogP contribution < -0.4 is 5.32 Å². The fraction of sp³-hybridized carbons (Fsp3) is 0.0435. The molecule has 0 saturated heterocycles. The molecule has 158 valence electrons. The minimum atomic E-state index is -0.490. The van der Waals surface area contributed by atoms with Crippen molar-refractivity contribution in [3.63, 3.8) is 0 Å². The van der Waals surface area contributed by atoms with Crippen LogP contribution in [0.1, 0.15) is 5.56 Å². The van der Waals surface area contributed by atoms with Crippen LogP contribution in [-0.2, 0) is 6.54 Å². The summed E-state index contributed by atoms with van der Waals surface area (Å²) in [5.74, 6) is -0.215. The monoisotopic (exact) mass is 448 g/mol. The third kappa shape index (κ3) is 4.13. The van der Waals surface area contributed by atoms with Crippen LogP contribution in [-0.4, -0.2) is 25.0 Å². The van der Waals surface area contributed by atoms with E-state index in [0.717, 1.165) is 22.0 Å². The summed E-state index contributed by atoms with van der Waals surface area (Å²) in [6.45, 7) is 0.474. The second kappa shape index (κ2) is 8.32. The molecule has 0 radical (unpaired) electrons. The van der Waals surface area contributed by atoms with Gasteiger partial charge in [-0.25, -0.2) is 23.4 Å². The summed E-state index contributed by atoms with van der Waals surface area (Å²) in [6, 6.07) is 16.3. The van der Waals surface area contributed by atoms with Crippen molar-refractivity contribution in [2.45, 2.75) is 6.54 Å². The molecule has 5 aromatic rings. The maximum Gasteiger partial charge on any atom is 0.141 e. The smallest absolute Gasteiger partial charge is 0.141 e. The molecular weight excluding hydrogens is 434 g/mol. The van der Waals surface area contributed by atoms with Crippen LogP contribution in [0.25, 0.3) is 22.2 Å². The minimum absolute atomic E-state index is 0.0202. The number of nitrogens with one attached hydrogen (secondary N) is 1. The molecule has 0 aliphatic carbocycles. The van der Waals surface area contributed by atoms with E-state index in [0.29, 0.717) is 23.7 Å². The van der Waals surface area contributed by atoms with Gasteiger partial charge in [-0.1, -0.05) is 35.0 Å². The Morgan fingerprint density at radius 1 is 0.938 bits per heavy atom. The number of halogens is 3. The molecule has 0 aliphatic rings. The lowest BCUT2D eigenvalue weighted by atomic mass is 10.1. The zero-order valence-corrected chi connectivity index (χ0v) is 17.3. The second-order valence-electron chi connectivity index (χ2n) is 7.14. The van der Waals surface area contributed by atoms with E-state index in [1.807, 2.05) is 24.4 Å². The van der Waals surface area contributed by atoms with Crippen LogP contribution >= 0.6 is 11.6 Å². The first-order valence-corrected chi connectivity index (χ1v) is 10.0. The first kappa shape index (κ1) is 20.0. The van der Waals surface area contributed by atoms with Gasteiger partial charge < -0.3 is 5.32 Å². The standard InChI is InChI=1S/C23H15ClF2N6/c24-19-10-17(6-7-20(19)26)29-23-18-9-15(3-8-21(18)27-13-28-23)22-12-32(31-30-22)11-14-1-4-16(25)5-2-14/h1-10,12-13H,11H2,(H,27,28,29). The predicted molar refractivity (Wildman–Crippen MR) is 119 cm³/mol. The molecule has 3 aromatic carbocycles. The van der Waals surface area contributed by atoms with Gasteiger partial charge in [0.1, 0.15) is 29.5 Å². The van der Waals surface area contributed by atoms with Crippen molar-refractivity contribution in [3.8, 4) is 11.3 Å². The number of benzene rings is 3. The van der Waals surface area contributed by atoms with E-state index < -0.39 is 5.82 Å². The number of hydrogen-bond donors (Lipinski definition) is 1. The van der Waals surface area contributed by atoms with Gasteiger partial charge in [0.05, 0.1) is 23.3 Å². The van der Waals surface area contributed by atoms with E-state index in [1.165, 1.54) is 30.6 Å². The fourth-order valence-corrected chi connectivity index (χ4v) is 3.49. The molecule has 0 fully saturated rings. The lowest BCUT2D eigenvalue weighted by Gasteiger charge is -2.09. The molecule has 32 heavy (non-hydrogen) atoms. The Hall–Kier alpha value is -3.91. The molecule has 0 bridgehead atoms. The van der Waals surface area contributed by atoms with Crippen molar-refractivity contribution in [2.24, 2.45) is 0 Å². The van der Waals surface area contributed by atoms with Crippen LogP contribution in [0.4, 0.5) is 20.3 Å². The van der Waals surface area contributed by atoms with E-state index in [-0.39, 0.29) is 10.8 Å². The third-order valence-corrected chi connectivity index (χ3v) is 5.20. The number of hydrogen-bond acceptors (Lipinski definition) is 5. The van der Waals surface area contributed by atoms with Crippen molar-refractivity contribution >= 4 is 34.0 Å². The predicted octanol–water partition coefficient (Wildman–Crippen LogP) is 5.61. The van der Waals surface area contributed by atoms with Crippen molar-refractivity contribution in [1.29, 1.82) is 0 Å². The Labute approximate surface area is 186 Å². The Balaban J connectivity index is 1.45. The summed E-state index contributed by atoms with van der Waals surface area (Å²) < 4.78 is 28.3. The van der Waals surface area contributed by atoms with Crippen LogP contribution in [0.2, 0.25) is 5.02 Å². The van der Waals surface area contributed by atoms with E-state index in [9.17, 15) is 8.78 Å². The molecule has 0 spiro atoms. The Morgan fingerprint density at radius 2 is 1.78 bits per heavy atom. The average molecular weight is 449 g/mol. The quantitative estimate of drug-likeness (QED) is 0.378. The van der Waals surface area contributed by atoms with Crippen LogP contribution in [0.5, 0.6) is 0 Å². The average Bonchev–Trinajstić information content (AvgIpc) is 3.26. The molecule has 2 aromatic heterocycles. The van der Waals surface area contributed by atoms with Crippen LogP contribution in [0, 0.1) is 11.6 Å². The number of aromatic nitrogens is 5. The molecule has 2 heterocycles. The molecule has 1 N–H and O–H groups in total. The summed E-state index contributed by atoms with van der Waals surface area (Å²) in [4.78, 5) is 8.64. The number of rotatable bonds is 5. The van der Waals surface area contributed by atoms with Gasteiger partial charge in [-0.2, -0.15) is 0 Å². The summed E-state index contributed by atoms with van der Waals surface area (Å²) in [6.07, 6.45) is 3.27. The Morgan fingerprint density at radius 3 is 2.59 bits per heavy atom. The molecule has 6 nitrogen and oxygen atoms in total. The molecule has 0 saturated carbocycles. The highest BCUT2D eigenvalue weighted by Crippen LogP contribution is 2.29. The normalized spacial score (nSPS) is 11.1. The molecule has 5 rings (SSSR count). The molecule has 0 atom stereocenters. The van der Waals surface area contributed by atoms with Gasteiger partial charge in [0.15, 0.2) is 0 Å². The van der Waals surface area contributed by atoms with E-state index in [2.05, 4.69) is 25.6 Å². The maximum atomic E-state index is 13.5. The lowest BCUT2D eigenvalue weighted by Crippen LogP contribution is -2.00.